The lowest BCUT2D eigenvalue weighted by molar-refractivity contribution is 0.407. The Hall–Kier alpha value is -1.35. The summed E-state index contributed by atoms with van der Waals surface area (Å²) in [5.74, 6) is 2.05. The van der Waals surface area contributed by atoms with E-state index in [0.29, 0.717) is 6.54 Å². The standard InChI is InChI=1S/C20H30N4OS.HI/c1-6-21-20(22-12-11-19-24-15(3)16(4)26-19)23-13-14(2)17-9-7-8-10-18(17)25-5;/h7-10,14H,6,11-13H2,1-5H3,(H2,21,22,23);1H. The van der Waals surface area contributed by atoms with Crippen molar-refractivity contribution in [3.8, 4) is 5.75 Å². The first-order chi connectivity index (χ1) is 12.5. The van der Waals surface area contributed by atoms with Crippen LogP contribution in [0.2, 0.25) is 0 Å². The molecular formula is C20H31IN4OS. The Morgan fingerprint density at radius 1 is 1.26 bits per heavy atom. The highest BCUT2D eigenvalue weighted by atomic mass is 127. The molecule has 0 aliphatic rings. The van der Waals surface area contributed by atoms with Crippen molar-refractivity contribution < 1.29 is 4.74 Å². The summed E-state index contributed by atoms with van der Waals surface area (Å²) in [5.41, 5.74) is 2.32. The Bertz CT molecular complexity index is 713. The van der Waals surface area contributed by atoms with Crippen LogP contribution in [-0.2, 0) is 6.42 Å². The molecule has 2 rings (SSSR count). The number of benzene rings is 1. The second kappa shape index (κ2) is 12.2. The molecular weight excluding hydrogens is 471 g/mol. The largest absolute Gasteiger partial charge is 0.496 e. The summed E-state index contributed by atoms with van der Waals surface area (Å²) in [4.78, 5) is 10.6. The quantitative estimate of drug-likeness (QED) is 0.321. The molecule has 0 radical (unpaired) electrons. The molecule has 1 atom stereocenters. The predicted molar refractivity (Wildman–Crippen MR) is 126 cm³/mol. The fourth-order valence-electron chi connectivity index (χ4n) is 2.68. The van der Waals surface area contributed by atoms with Gasteiger partial charge in [-0.3, -0.25) is 4.99 Å². The van der Waals surface area contributed by atoms with Crippen molar-refractivity contribution in [2.45, 2.75) is 40.0 Å². The van der Waals surface area contributed by atoms with Crippen LogP contribution in [0.25, 0.3) is 0 Å². The number of aromatic nitrogens is 1. The number of guanidine groups is 1. The zero-order chi connectivity index (χ0) is 18.9. The Morgan fingerprint density at radius 3 is 2.63 bits per heavy atom. The van der Waals surface area contributed by atoms with Crippen molar-refractivity contribution in [2.75, 3.05) is 26.7 Å². The molecule has 27 heavy (non-hydrogen) atoms. The van der Waals surface area contributed by atoms with Gasteiger partial charge in [-0.05, 0) is 32.4 Å². The van der Waals surface area contributed by atoms with Gasteiger partial charge in [0.25, 0.3) is 0 Å². The zero-order valence-electron chi connectivity index (χ0n) is 16.8. The lowest BCUT2D eigenvalue weighted by Gasteiger charge is -2.15. The molecule has 0 spiro atoms. The van der Waals surface area contributed by atoms with E-state index in [0.717, 1.165) is 36.9 Å². The number of methoxy groups -OCH3 is 1. The van der Waals surface area contributed by atoms with E-state index in [2.05, 4.69) is 49.4 Å². The van der Waals surface area contributed by atoms with Crippen molar-refractivity contribution in [3.05, 3.63) is 45.4 Å². The summed E-state index contributed by atoms with van der Waals surface area (Å²) in [6.45, 7) is 10.8. The van der Waals surface area contributed by atoms with Crippen LogP contribution in [0.4, 0.5) is 0 Å². The lowest BCUT2D eigenvalue weighted by atomic mass is 10.0. The molecule has 0 saturated carbocycles. The molecule has 0 aliphatic heterocycles. The Labute approximate surface area is 184 Å². The first kappa shape index (κ1) is 23.7. The number of aliphatic imine (C=N–C) groups is 1. The van der Waals surface area contributed by atoms with Gasteiger partial charge in [-0.2, -0.15) is 0 Å². The second-order valence-electron chi connectivity index (χ2n) is 6.29. The van der Waals surface area contributed by atoms with Crippen LogP contribution in [0.1, 0.15) is 40.9 Å². The van der Waals surface area contributed by atoms with Crippen LogP contribution in [-0.4, -0.2) is 37.7 Å². The third-order valence-electron chi connectivity index (χ3n) is 4.24. The molecule has 5 nitrogen and oxygen atoms in total. The Morgan fingerprint density at radius 2 is 2.00 bits per heavy atom. The van der Waals surface area contributed by atoms with Crippen molar-refractivity contribution in [2.24, 2.45) is 4.99 Å². The van der Waals surface area contributed by atoms with E-state index >= 15 is 0 Å². The number of nitrogens with one attached hydrogen (secondary N) is 2. The number of aryl methyl sites for hydroxylation is 2. The van der Waals surface area contributed by atoms with Crippen molar-refractivity contribution >= 4 is 41.3 Å². The third kappa shape index (κ3) is 7.29. The predicted octanol–water partition coefficient (Wildman–Crippen LogP) is 4.29. The van der Waals surface area contributed by atoms with E-state index in [1.54, 1.807) is 18.4 Å². The van der Waals surface area contributed by atoms with Gasteiger partial charge < -0.3 is 15.4 Å². The van der Waals surface area contributed by atoms with E-state index in [9.17, 15) is 0 Å². The third-order valence-corrected chi connectivity index (χ3v) is 5.37. The summed E-state index contributed by atoms with van der Waals surface area (Å²) < 4.78 is 5.46. The molecule has 2 aromatic rings. The fraction of sp³-hybridized carbons (Fsp3) is 0.500. The molecule has 150 valence electrons. The highest BCUT2D eigenvalue weighted by molar-refractivity contribution is 14.0. The van der Waals surface area contributed by atoms with E-state index in [4.69, 9.17) is 9.73 Å². The monoisotopic (exact) mass is 502 g/mol. The summed E-state index contributed by atoms with van der Waals surface area (Å²) in [7, 11) is 1.71. The molecule has 0 saturated heterocycles. The SMILES string of the molecule is CCNC(=NCC(C)c1ccccc1OC)NCCc1nc(C)c(C)s1.I. The van der Waals surface area contributed by atoms with Gasteiger partial charge in [0.1, 0.15) is 5.75 Å². The lowest BCUT2D eigenvalue weighted by Crippen LogP contribution is -2.38. The van der Waals surface area contributed by atoms with E-state index in [1.807, 2.05) is 18.2 Å². The van der Waals surface area contributed by atoms with Gasteiger partial charge in [0.2, 0.25) is 0 Å². The first-order valence-corrected chi connectivity index (χ1v) is 9.94. The smallest absolute Gasteiger partial charge is 0.191 e. The van der Waals surface area contributed by atoms with Gasteiger partial charge in [-0.15, -0.1) is 35.3 Å². The minimum Gasteiger partial charge on any atom is -0.496 e. The van der Waals surface area contributed by atoms with Crippen LogP contribution in [0.15, 0.2) is 29.3 Å². The number of hydrogen-bond acceptors (Lipinski definition) is 4. The highest BCUT2D eigenvalue weighted by Gasteiger charge is 2.11. The summed E-state index contributed by atoms with van der Waals surface area (Å²) in [6, 6.07) is 8.13. The number of para-hydroxylation sites is 1. The van der Waals surface area contributed by atoms with Gasteiger partial charge in [-0.1, -0.05) is 25.1 Å². The van der Waals surface area contributed by atoms with E-state index < -0.39 is 0 Å². The van der Waals surface area contributed by atoms with Crippen LogP contribution in [0.3, 0.4) is 0 Å². The second-order valence-corrected chi connectivity index (χ2v) is 7.58. The molecule has 0 fully saturated rings. The summed E-state index contributed by atoms with van der Waals surface area (Å²) >= 11 is 1.77. The van der Waals surface area contributed by atoms with Crippen LogP contribution in [0, 0.1) is 13.8 Å². The Kier molecular flexibility index (Phi) is 10.7. The molecule has 1 unspecified atom stereocenters. The van der Waals surface area contributed by atoms with Gasteiger partial charge in [-0.25, -0.2) is 4.98 Å². The van der Waals surface area contributed by atoms with E-state index in [-0.39, 0.29) is 29.9 Å². The minimum atomic E-state index is 0. The number of thiazole rings is 1. The summed E-state index contributed by atoms with van der Waals surface area (Å²) in [6.07, 6.45) is 0.909. The van der Waals surface area contributed by atoms with Crippen LogP contribution < -0.4 is 15.4 Å². The van der Waals surface area contributed by atoms with Crippen molar-refractivity contribution in [1.29, 1.82) is 0 Å². The molecule has 0 bridgehead atoms. The number of ether oxygens (including phenoxy) is 1. The number of hydrogen-bond donors (Lipinski definition) is 2. The Balaban J connectivity index is 0.00000364. The topological polar surface area (TPSA) is 58.5 Å². The highest BCUT2D eigenvalue weighted by Crippen LogP contribution is 2.26. The number of halogens is 1. The fourth-order valence-corrected chi connectivity index (χ4v) is 3.61. The molecule has 0 aliphatic carbocycles. The maximum absolute atomic E-state index is 5.46. The maximum atomic E-state index is 5.46. The normalized spacial score (nSPS) is 12.3. The average Bonchev–Trinajstić information content (AvgIpc) is 2.97. The van der Waals surface area contributed by atoms with Gasteiger partial charge in [0, 0.05) is 36.9 Å². The molecule has 0 amide bonds. The number of nitrogens with zero attached hydrogens (tertiary/aromatic N) is 2. The molecule has 1 heterocycles. The zero-order valence-corrected chi connectivity index (χ0v) is 20.0. The van der Waals surface area contributed by atoms with Crippen LogP contribution >= 0.6 is 35.3 Å². The van der Waals surface area contributed by atoms with Crippen LogP contribution in [0.5, 0.6) is 5.75 Å². The van der Waals surface area contributed by atoms with Crippen molar-refractivity contribution in [1.82, 2.24) is 15.6 Å². The average molecular weight is 502 g/mol. The first-order valence-electron chi connectivity index (χ1n) is 9.13. The maximum Gasteiger partial charge on any atom is 0.191 e. The minimum absolute atomic E-state index is 0. The number of rotatable bonds is 8. The molecule has 1 aromatic carbocycles. The molecule has 1 aromatic heterocycles. The van der Waals surface area contributed by atoms with Gasteiger partial charge in [0.15, 0.2) is 5.96 Å². The molecule has 7 heteroatoms. The van der Waals surface area contributed by atoms with Gasteiger partial charge in [0.05, 0.1) is 17.8 Å². The molecule has 2 N–H and O–H groups in total. The van der Waals surface area contributed by atoms with Gasteiger partial charge >= 0.3 is 0 Å². The van der Waals surface area contributed by atoms with Crippen molar-refractivity contribution in [3.63, 3.8) is 0 Å². The van der Waals surface area contributed by atoms with E-state index in [1.165, 1.54) is 15.4 Å². The summed E-state index contributed by atoms with van der Waals surface area (Å²) in [5, 5.41) is 7.89.